The van der Waals surface area contributed by atoms with Gasteiger partial charge in [-0.2, -0.15) is 0 Å². The summed E-state index contributed by atoms with van der Waals surface area (Å²) in [6.45, 7) is 12.1. The van der Waals surface area contributed by atoms with Crippen LogP contribution in [-0.2, 0) is 9.53 Å². The second-order valence-electron chi connectivity index (χ2n) is 9.04. The predicted molar refractivity (Wildman–Crippen MR) is 120 cm³/mol. The molecule has 0 aromatic carbocycles. The van der Waals surface area contributed by atoms with Crippen molar-refractivity contribution in [2.45, 2.75) is 54.1 Å². The molecule has 0 unspecified atom stereocenters. The quantitative estimate of drug-likeness (QED) is 0.628. The van der Waals surface area contributed by atoms with Crippen LogP contribution in [0.5, 0.6) is 11.5 Å². The van der Waals surface area contributed by atoms with Gasteiger partial charge in [0.2, 0.25) is 5.91 Å². The van der Waals surface area contributed by atoms with Gasteiger partial charge >= 0.3 is 12.1 Å². The molecule has 10 nitrogen and oxygen atoms in total. The molecular weight excluding hydrogens is 414 g/mol. The van der Waals surface area contributed by atoms with Gasteiger partial charge in [-0.1, -0.05) is 20.8 Å². The molecule has 0 aliphatic rings. The molecule has 0 spiro atoms. The van der Waals surface area contributed by atoms with Crippen molar-refractivity contribution in [3.63, 3.8) is 0 Å². The van der Waals surface area contributed by atoms with Crippen molar-refractivity contribution in [2.75, 3.05) is 10.6 Å². The number of nitrogens with one attached hydrogen (secondary N) is 3. The Morgan fingerprint density at radius 3 is 2.22 bits per heavy atom. The lowest BCUT2D eigenvalue weighted by Gasteiger charge is -2.19. The lowest BCUT2D eigenvalue weighted by molar-refractivity contribution is -0.127. The Balaban J connectivity index is 2.03. The van der Waals surface area contributed by atoms with Crippen LogP contribution in [0.25, 0.3) is 0 Å². The number of hydrogen-bond acceptors (Lipinski definition) is 7. The second-order valence-corrected chi connectivity index (χ2v) is 9.04. The number of carbonyl (C=O) groups is 3. The van der Waals surface area contributed by atoms with Crippen LogP contribution in [0.4, 0.5) is 21.2 Å². The van der Waals surface area contributed by atoms with Crippen LogP contribution in [0.2, 0.25) is 0 Å². The van der Waals surface area contributed by atoms with Crippen LogP contribution in [-0.4, -0.2) is 33.6 Å². The molecular formula is C22H29N5O5. The minimum Gasteiger partial charge on any atom is -0.455 e. The van der Waals surface area contributed by atoms with E-state index in [1.165, 1.54) is 6.20 Å². The molecule has 2 rings (SSSR count). The van der Waals surface area contributed by atoms with Gasteiger partial charge in [0.1, 0.15) is 28.7 Å². The summed E-state index contributed by atoms with van der Waals surface area (Å²) in [6, 6.07) is 5.67. The summed E-state index contributed by atoms with van der Waals surface area (Å²) in [5.41, 5.74) is -0.822. The third-order valence-electron chi connectivity index (χ3n) is 3.78. The first-order valence-corrected chi connectivity index (χ1v) is 9.97. The lowest BCUT2D eigenvalue weighted by atomic mass is 9.96. The van der Waals surface area contributed by atoms with Crippen molar-refractivity contribution in [1.82, 2.24) is 15.3 Å². The molecule has 10 heteroatoms. The van der Waals surface area contributed by atoms with Crippen LogP contribution in [0, 0.1) is 12.3 Å². The highest BCUT2D eigenvalue weighted by Gasteiger charge is 2.23. The molecule has 0 saturated heterocycles. The van der Waals surface area contributed by atoms with E-state index in [9.17, 15) is 14.4 Å². The molecule has 2 heterocycles. The maximum absolute atomic E-state index is 12.0. The Hall–Kier alpha value is -3.69. The molecule has 32 heavy (non-hydrogen) atoms. The predicted octanol–water partition coefficient (Wildman–Crippen LogP) is 4.62. The Morgan fingerprint density at radius 1 is 0.938 bits per heavy atom. The zero-order valence-corrected chi connectivity index (χ0v) is 19.3. The smallest absolute Gasteiger partial charge is 0.413 e. The Labute approximate surface area is 187 Å². The van der Waals surface area contributed by atoms with E-state index in [4.69, 9.17) is 9.47 Å². The number of ether oxygens (including phenoxy) is 2. The van der Waals surface area contributed by atoms with Crippen LogP contribution >= 0.6 is 0 Å². The summed E-state index contributed by atoms with van der Waals surface area (Å²) in [5, 5.41) is 7.33. The molecule has 4 amide bonds. The highest BCUT2D eigenvalue weighted by molar-refractivity contribution is 6.02. The average molecular weight is 444 g/mol. The minimum atomic E-state index is -0.694. The largest absolute Gasteiger partial charge is 0.455 e. The van der Waals surface area contributed by atoms with E-state index in [1.54, 1.807) is 72.7 Å². The molecule has 0 aliphatic carbocycles. The van der Waals surface area contributed by atoms with Crippen molar-refractivity contribution in [3.05, 3.63) is 36.2 Å². The van der Waals surface area contributed by atoms with E-state index < -0.39 is 29.0 Å². The molecule has 0 aliphatic heterocycles. The maximum atomic E-state index is 12.0. The number of carbonyl (C=O) groups excluding carboxylic acids is 3. The van der Waals surface area contributed by atoms with Crippen LogP contribution < -0.4 is 20.7 Å². The number of rotatable bonds is 4. The van der Waals surface area contributed by atoms with Gasteiger partial charge in [-0.3, -0.25) is 20.7 Å². The number of nitrogens with zero attached hydrogens (tertiary/aromatic N) is 2. The van der Waals surface area contributed by atoms with Crippen molar-refractivity contribution in [1.29, 1.82) is 0 Å². The number of amides is 4. The third kappa shape index (κ3) is 7.86. The molecule has 0 bridgehead atoms. The van der Waals surface area contributed by atoms with E-state index in [1.807, 2.05) is 0 Å². The van der Waals surface area contributed by atoms with Crippen LogP contribution in [0.15, 0.2) is 30.5 Å². The fourth-order valence-electron chi connectivity index (χ4n) is 2.24. The molecule has 0 saturated carbocycles. The third-order valence-corrected chi connectivity index (χ3v) is 3.78. The molecule has 2 aromatic heterocycles. The molecule has 2 aromatic rings. The summed E-state index contributed by atoms with van der Waals surface area (Å²) >= 11 is 0. The van der Waals surface area contributed by atoms with Gasteiger partial charge in [-0.25, -0.2) is 19.6 Å². The van der Waals surface area contributed by atoms with E-state index in [-0.39, 0.29) is 11.6 Å². The SMILES string of the molecule is Cc1nc(NC(=O)NC(=O)C(C)(C)C)ccc1Oc1ccnc(NC(=O)OC(C)(C)C)c1. The van der Waals surface area contributed by atoms with Crippen molar-refractivity contribution in [2.24, 2.45) is 5.41 Å². The van der Waals surface area contributed by atoms with E-state index in [0.29, 0.717) is 17.2 Å². The summed E-state index contributed by atoms with van der Waals surface area (Å²) < 4.78 is 11.0. The molecule has 0 atom stereocenters. The minimum absolute atomic E-state index is 0.260. The first kappa shape index (κ1) is 24.6. The lowest BCUT2D eigenvalue weighted by Crippen LogP contribution is -2.41. The normalized spacial score (nSPS) is 11.3. The number of aryl methyl sites for hydroxylation is 1. The highest BCUT2D eigenvalue weighted by Crippen LogP contribution is 2.26. The summed E-state index contributed by atoms with van der Waals surface area (Å²) in [6.07, 6.45) is 0.857. The Kier molecular flexibility index (Phi) is 7.40. The molecule has 3 N–H and O–H groups in total. The van der Waals surface area contributed by atoms with Gasteiger partial charge in [-0.05, 0) is 45.9 Å². The van der Waals surface area contributed by atoms with Gasteiger partial charge in [0.05, 0.1) is 5.69 Å². The van der Waals surface area contributed by atoms with Gasteiger partial charge in [-0.15, -0.1) is 0 Å². The second kappa shape index (κ2) is 9.63. The number of imide groups is 1. The highest BCUT2D eigenvalue weighted by atomic mass is 16.6. The van der Waals surface area contributed by atoms with E-state index >= 15 is 0 Å². The van der Waals surface area contributed by atoms with E-state index in [2.05, 4.69) is 25.9 Å². The number of hydrogen-bond donors (Lipinski definition) is 3. The summed E-state index contributed by atoms with van der Waals surface area (Å²) in [5.74, 6) is 0.985. The van der Waals surface area contributed by atoms with Gasteiger partial charge in [0, 0.05) is 17.7 Å². The fraction of sp³-hybridized carbons (Fsp3) is 0.409. The van der Waals surface area contributed by atoms with Gasteiger partial charge in [0.15, 0.2) is 0 Å². The number of anilines is 2. The summed E-state index contributed by atoms with van der Waals surface area (Å²) in [4.78, 5) is 44.2. The number of aromatic nitrogens is 2. The number of urea groups is 1. The zero-order valence-electron chi connectivity index (χ0n) is 19.3. The average Bonchev–Trinajstić information content (AvgIpc) is 2.61. The first-order chi connectivity index (χ1) is 14.7. The van der Waals surface area contributed by atoms with Crippen molar-refractivity contribution >= 4 is 29.7 Å². The van der Waals surface area contributed by atoms with Gasteiger partial charge in [0.25, 0.3) is 0 Å². The monoisotopic (exact) mass is 443 g/mol. The maximum Gasteiger partial charge on any atom is 0.413 e. The zero-order chi connectivity index (χ0) is 24.1. The Bertz CT molecular complexity index is 1010. The molecule has 172 valence electrons. The van der Waals surface area contributed by atoms with Crippen molar-refractivity contribution in [3.8, 4) is 11.5 Å². The topological polar surface area (TPSA) is 132 Å². The fourth-order valence-corrected chi connectivity index (χ4v) is 2.24. The first-order valence-electron chi connectivity index (χ1n) is 9.97. The Morgan fingerprint density at radius 2 is 1.62 bits per heavy atom. The van der Waals surface area contributed by atoms with Crippen LogP contribution in [0.1, 0.15) is 47.2 Å². The van der Waals surface area contributed by atoms with Crippen molar-refractivity contribution < 1.29 is 23.9 Å². The standard InChI is InChI=1S/C22H29N5O5/c1-13-15(8-9-16(24-13)25-19(29)27-18(28)21(2,3)4)31-14-10-11-23-17(12-14)26-20(30)32-22(5,6)7/h8-12H,1-7H3,(H,23,26,30)(H2,24,25,27,28,29). The molecule has 0 radical (unpaired) electrons. The number of pyridine rings is 2. The van der Waals surface area contributed by atoms with E-state index in [0.717, 1.165) is 0 Å². The molecule has 0 fully saturated rings. The van der Waals surface area contributed by atoms with Gasteiger partial charge < -0.3 is 9.47 Å². The van der Waals surface area contributed by atoms with Crippen LogP contribution in [0.3, 0.4) is 0 Å². The summed E-state index contributed by atoms with van der Waals surface area (Å²) in [7, 11) is 0.